The summed E-state index contributed by atoms with van der Waals surface area (Å²) in [7, 11) is 0. The normalized spacial score (nSPS) is 12.0. The van der Waals surface area contributed by atoms with Gasteiger partial charge in [0.2, 0.25) is 0 Å². The summed E-state index contributed by atoms with van der Waals surface area (Å²) < 4.78 is 4.77. The predicted octanol–water partition coefficient (Wildman–Crippen LogP) is 2.44. The van der Waals surface area contributed by atoms with Crippen LogP contribution in [-0.4, -0.2) is 10.9 Å². The molecule has 0 aliphatic heterocycles. The van der Waals surface area contributed by atoms with Crippen LogP contribution in [0, 0.1) is 12.3 Å². The molecule has 17 heavy (non-hydrogen) atoms. The second-order valence-corrected chi connectivity index (χ2v) is 4.97. The van der Waals surface area contributed by atoms with Gasteiger partial charge in [-0.1, -0.05) is 26.8 Å². The van der Waals surface area contributed by atoms with Crippen LogP contribution in [0.3, 0.4) is 0 Å². The lowest BCUT2D eigenvalue weighted by Crippen LogP contribution is -2.13. The van der Waals surface area contributed by atoms with Gasteiger partial charge in [0.05, 0.1) is 0 Å². The fraction of sp³-hybridized carbons (Fsp3) is 0.385. The molecule has 1 N–H and O–H groups in total. The van der Waals surface area contributed by atoms with Crippen LogP contribution >= 0.6 is 0 Å². The Balaban J connectivity index is 3.15. The largest absolute Gasteiger partial charge is 0.507 e. The van der Waals surface area contributed by atoms with Crippen LogP contribution in [-0.2, 0) is 0 Å². The molecule has 0 saturated heterocycles. The number of ketones is 1. The van der Waals surface area contributed by atoms with E-state index >= 15 is 0 Å². The molecule has 1 heterocycles. The molecule has 0 spiro atoms. The van der Waals surface area contributed by atoms with Crippen LogP contribution < -0.4 is 5.63 Å². The van der Waals surface area contributed by atoms with Gasteiger partial charge in [0, 0.05) is 6.07 Å². The van der Waals surface area contributed by atoms with Gasteiger partial charge in [-0.05, 0) is 18.4 Å². The number of aromatic hydroxyl groups is 1. The van der Waals surface area contributed by atoms with Crippen LogP contribution in [0.4, 0.5) is 0 Å². The minimum Gasteiger partial charge on any atom is -0.507 e. The predicted molar refractivity (Wildman–Crippen MR) is 64.3 cm³/mol. The highest BCUT2D eigenvalue weighted by molar-refractivity contribution is 6.06. The summed E-state index contributed by atoms with van der Waals surface area (Å²) in [6.07, 6.45) is 2.95. The lowest BCUT2D eigenvalue weighted by molar-refractivity contribution is 0.103. The summed E-state index contributed by atoms with van der Waals surface area (Å²) in [6, 6.07) is 1.25. The minimum absolute atomic E-state index is 0.170. The first-order valence-electron chi connectivity index (χ1n) is 5.28. The van der Waals surface area contributed by atoms with Crippen LogP contribution in [0.2, 0.25) is 0 Å². The number of rotatable bonds is 2. The van der Waals surface area contributed by atoms with Gasteiger partial charge in [0.15, 0.2) is 5.78 Å². The zero-order valence-electron chi connectivity index (χ0n) is 10.4. The first-order valence-corrected chi connectivity index (χ1v) is 5.28. The summed E-state index contributed by atoms with van der Waals surface area (Å²) >= 11 is 0. The average Bonchev–Trinajstić information content (AvgIpc) is 2.11. The molecule has 0 saturated carbocycles. The number of hydrogen-bond donors (Lipinski definition) is 1. The van der Waals surface area contributed by atoms with E-state index in [1.807, 2.05) is 20.8 Å². The van der Waals surface area contributed by atoms with E-state index in [1.165, 1.54) is 19.1 Å². The number of carbonyl (C=O) groups excluding carboxylic acids is 1. The highest BCUT2D eigenvalue weighted by atomic mass is 16.4. The number of allylic oxidation sites excluding steroid dienone is 2. The van der Waals surface area contributed by atoms with Crippen molar-refractivity contribution in [1.29, 1.82) is 0 Å². The maximum absolute atomic E-state index is 11.7. The molecule has 1 aromatic rings. The molecular weight excluding hydrogens is 220 g/mol. The Labute approximate surface area is 99.6 Å². The van der Waals surface area contributed by atoms with E-state index in [1.54, 1.807) is 6.08 Å². The van der Waals surface area contributed by atoms with Crippen molar-refractivity contribution in [2.75, 3.05) is 0 Å². The van der Waals surface area contributed by atoms with Gasteiger partial charge in [0.1, 0.15) is 17.1 Å². The molecule has 0 aromatic carbocycles. The van der Waals surface area contributed by atoms with E-state index in [-0.39, 0.29) is 22.5 Å². The molecule has 0 amide bonds. The summed E-state index contributed by atoms with van der Waals surface area (Å²) in [5.74, 6) is -0.627. The summed E-state index contributed by atoms with van der Waals surface area (Å²) in [6.45, 7) is 7.30. The van der Waals surface area contributed by atoms with Gasteiger partial charge in [-0.3, -0.25) is 4.79 Å². The van der Waals surface area contributed by atoms with E-state index in [0.717, 1.165) is 0 Å². The van der Waals surface area contributed by atoms with Crippen LogP contribution in [0.5, 0.6) is 5.75 Å². The van der Waals surface area contributed by atoms with E-state index in [9.17, 15) is 14.7 Å². The number of carbonyl (C=O) groups is 1. The van der Waals surface area contributed by atoms with Gasteiger partial charge >= 0.3 is 5.63 Å². The Morgan fingerprint density at radius 1 is 1.41 bits per heavy atom. The smallest absolute Gasteiger partial charge is 0.351 e. The standard InChI is InChI=1S/C13H16O4/c1-8-7-10(15)11(12(16)17-8)9(14)5-6-13(2,3)4/h5-7,15H,1-4H3. The molecule has 0 bridgehead atoms. The Morgan fingerprint density at radius 3 is 2.47 bits per heavy atom. The molecule has 0 aliphatic rings. The van der Waals surface area contributed by atoms with E-state index in [0.29, 0.717) is 0 Å². The van der Waals surface area contributed by atoms with E-state index in [2.05, 4.69) is 0 Å². The Bertz CT molecular complexity index is 515. The highest BCUT2D eigenvalue weighted by Crippen LogP contribution is 2.18. The summed E-state index contributed by atoms with van der Waals surface area (Å²) in [4.78, 5) is 23.2. The first kappa shape index (κ1) is 13.2. The third kappa shape index (κ3) is 3.59. The third-order valence-corrected chi connectivity index (χ3v) is 2.04. The van der Waals surface area contributed by atoms with Crippen molar-refractivity contribution in [3.63, 3.8) is 0 Å². The van der Waals surface area contributed by atoms with Gasteiger partial charge in [-0.2, -0.15) is 0 Å². The lowest BCUT2D eigenvalue weighted by atomic mass is 9.95. The number of hydrogen-bond acceptors (Lipinski definition) is 4. The van der Waals surface area contributed by atoms with Crippen LogP contribution in [0.1, 0.15) is 36.9 Å². The summed E-state index contributed by atoms with van der Waals surface area (Å²) in [5.41, 5.74) is -1.31. The van der Waals surface area contributed by atoms with Crippen molar-refractivity contribution in [2.45, 2.75) is 27.7 Å². The van der Waals surface area contributed by atoms with Crippen molar-refractivity contribution in [1.82, 2.24) is 0 Å². The van der Waals surface area contributed by atoms with Crippen molar-refractivity contribution < 1.29 is 14.3 Å². The summed E-state index contributed by atoms with van der Waals surface area (Å²) in [5, 5.41) is 9.56. The molecule has 0 fully saturated rings. The Morgan fingerprint density at radius 2 is 2.00 bits per heavy atom. The Hall–Kier alpha value is -1.84. The zero-order valence-corrected chi connectivity index (χ0v) is 10.4. The molecule has 92 valence electrons. The zero-order chi connectivity index (χ0) is 13.2. The maximum atomic E-state index is 11.7. The van der Waals surface area contributed by atoms with Gasteiger partial charge in [-0.15, -0.1) is 0 Å². The van der Waals surface area contributed by atoms with Crippen molar-refractivity contribution in [3.8, 4) is 5.75 Å². The second kappa shape index (κ2) is 4.57. The molecule has 0 atom stereocenters. The highest BCUT2D eigenvalue weighted by Gasteiger charge is 2.16. The fourth-order valence-corrected chi connectivity index (χ4v) is 1.23. The molecule has 0 aliphatic carbocycles. The monoisotopic (exact) mass is 236 g/mol. The topological polar surface area (TPSA) is 67.5 Å². The maximum Gasteiger partial charge on any atom is 0.351 e. The SMILES string of the molecule is Cc1cc(O)c(C(=O)C=CC(C)(C)C)c(=O)o1. The Kier molecular flexibility index (Phi) is 3.56. The molecule has 1 rings (SSSR count). The quantitative estimate of drug-likeness (QED) is 0.632. The van der Waals surface area contributed by atoms with E-state index < -0.39 is 11.4 Å². The molecule has 1 aromatic heterocycles. The van der Waals surface area contributed by atoms with Gasteiger partial charge in [0.25, 0.3) is 0 Å². The average molecular weight is 236 g/mol. The van der Waals surface area contributed by atoms with E-state index in [4.69, 9.17) is 4.42 Å². The van der Waals surface area contributed by atoms with Crippen molar-refractivity contribution in [3.05, 3.63) is 40.0 Å². The number of aryl methyl sites for hydroxylation is 1. The van der Waals surface area contributed by atoms with Gasteiger partial charge < -0.3 is 9.52 Å². The molecule has 4 heteroatoms. The minimum atomic E-state index is -0.814. The second-order valence-electron chi connectivity index (χ2n) is 4.97. The lowest BCUT2D eigenvalue weighted by Gasteiger charge is -2.10. The van der Waals surface area contributed by atoms with Crippen LogP contribution in [0.15, 0.2) is 27.4 Å². The van der Waals surface area contributed by atoms with Crippen LogP contribution in [0.25, 0.3) is 0 Å². The molecule has 4 nitrogen and oxygen atoms in total. The first-order chi connectivity index (χ1) is 7.70. The third-order valence-electron chi connectivity index (χ3n) is 2.04. The van der Waals surface area contributed by atoms with Crippen molar-refractivity contribution in [2.24, 2.45) is 5.41 Å². The van der Waals surface area contributed by atoms with Crippen molar-refractivity contribution >= 4 is 5.78 Å². The molecule has 0 unspecified atom stereocenters. The fourth-order valence-electron chi connectivity index (χ4n) is 1.23. The van der Waals surface area contributed by atoms with Gasteiger partial charge in [-0.25, -0.2) is 4.79 Å². The molecular formula is C13H16O4. The molecule has 0 radical (unpaired) electrons.